The zero-order valence-corrected chi connectivity index (χ0v) is 15.8. The second kappa shape index (κ2) is 6.63. The zero-order valence-electron chi connectivity index (χ0n) is 15.0. The van der Waals surface area contributed by atoms with Gasteiger partial charge in [-0.25, -0.2) is 9.37 Å². The third-order valence-electron chi connectivity index (χ3n) is 4.62. The lowest BCUT2D eigenvalue weighted by Crippen LogP contribution is -2.26. The summed E-state index contributed by atoms with van der Waals surface area (Å²) in [5, 5.41) is 21.6. The number of thiazole rings is 1. The van der Waals surface area contributed by atoms with E-state index in [4.69, 9.17) is 5.41 Å². The van der Waals surface area contributed by atoms with Crippen LogP contribution < -0.4 is 4.90 Å². The van der Waals surface area contributed by atoms with Crippen LogP contribution in [0.3, 0.4) is 0 Å². The number of aryl methyl sites for hydroxylation is 2. The number of benzene rings is 2. The second-order valence-electron chi connectivity index (χ2n) is 6.59. The number of amidine groups is 1. The number of aliphatic hydroxyl groups is 1. The maximum absolute atomic E-state index is 13.1. The zero-order chi connectivity index (χ0) is 19.1. The van der Waals surface area contributed by atoms with Gasteiger partial charge in [-0.15, -0.1) is 11.3 Å². The van der Waals surface area contributed by atoms with Gasteiger partial charge in [-0.3, -0.25) is 5.41 Å². The van der Waals surface area contributed by atoms with Gasteiger partial charge in [-0.2, -0.15) is 0 Å². The Labute approximate surface area is 160 Å². The highest BCUT2D eigenvalue weighted by Crippen LogP contribution is 2.35. The van der Waals surface area contributed by atoms with Crippen LogP contribution in [-0.4, -0.2) is 22.5 Å². The summed E-state index contributed by atoms with van der Waals surface area (Å²) in [6, 6.07) is 12.2. The Bertz CT molecular complexity index is 1070. The van der Waals surface area contributed by atoms with Gasteiger partial charge in [-0.05, 0) is 55.3 Å². The number of aromatic nitrogens is 1. The molecule has 0 fully saturated rings. The fourth-order valence-electron chi connectivity index (χ4n) is 3.16. The van der Waals surface area contributed by atoms with E-state index < -0.39 is 0 Å². The van der Waals surface area contributed by atoms with E-state index in [1.54, 1.807) is 17.0 Å². The molecule has 3 aromatic rings. The van der Waals surface area contributed by atoms with Crippen molar-refractivity contribution in [2.24, 2.45) is 0 Å². The van der Waals surface area contributed by atoms with Crippen LogP contribution in [0.2, 0.25) is 0 Å². The van der Waals surface area contributed by atoms with E-state index in [0.29, 0.717) is 16.3 Å². The predicted octanol–water partition coefficient (Wildman–Crippen LogP) is 5.33. The van der Waals surface area contributed by atoms with Crippen molar-refractivity contribution >= 4 is 28.4 Å². The van der Waals surface area contributed by atoms with Crippen molar-refractivity contribution in [1.82, 2.24) is 4.98 Å². The summed E-state index contributed by atoms with van der Waals surface area (Å²) in [6.07, 6.45) is 0. The van der Waals surface area contributed by atoms with Crippen LogP contribution in [0.5, 0.6) is 0 Å². The van der Waals surface area contributed by atoms with Gasteiger partial charge in [0.25, 0.3) is 0 Å². The molecule has 2 aromatic carbocycles. The van der Waals surface area contributed by atoms with Crippen molar-refractivity contribution in [2.45, 2.75) is 13.8 Å². The van der Waals surface area contributed by atoms with Crippen molar-refractivity contribution in [3.05, 3.63) is 75.6 Å². The standard InChI is InChI=1S/C21H18FN3OS/c1-12-3-4-13(2)17(9-12)25-10-18(26)19(20(25)23)21-24-16(11-27-21)14-5-7-15(22)8-6-14/h3-9,11,23,26H,10H2,1-2H3. The summed E-state index contributed by atoms with van der Waals surface area (Å²) in [7, 11) is 0. The molecule has 0 bridgehead atoms. The van der Waals surface area contributed by atoms with E-state index in [1.807, 2.05) is 37.4 Å². The number of halogens is 1. The van der Waals surface area contributed by atoms with E-state index in [9.17, 15) is 9.50 Å². The van der Waals surface area contributed by atoms with Crippen LogP contribution in [-0.2, 0) is 0 Å². The summed E-state index contributed by atoms with van der Waals surface area (Å²) < 4.78 is 13.1. The quantitative estimate of drug-likeness (QED) is 0.646. The van der Waals surface area contributed by atoms with E-state index >= 15 is 0 Å². The molecule has 2 N–H and O–H groups in total. The maximum atomic E-state index is 13.1. The lowest BCUT2D eigenvalue weighted by atomic mass is 10.1. The van der Waals surface area contributed by atoms with E-state index in [0.717, 1.165) is 22.4 Å². The number of nitrogens with one attached hydrogen (secondary N) is 1. The van der Waals surface area contributed by atoms with Crippen molar-refractivity contribution in [2.75, 3.05) is 11.4 Å². The molecular formula is C21H18FN3OS. The number of hydrogen-bond acceptors (Lipinski definition) is 4. The molecule has 1 aliphatic heterocycles. The van der Waals surface area contributed by atoms with Gasteiger partial charge in [-0.1, -0.05) is 12.1 Å². The molecule has 136 valence electrons. The molecule has 0 spiro atoms. The van der Waals surface area contributed by atoms with Crippen molar-refractivity contribution in [3.8, 4) is 11.3 Å². The monoisotopic (exact) mass is 379 g/mol. The Morgan fingerprint density at radius 2 is 1.89 bits per heavy atom. The van der Waals surface area contributed by atoms with Crippen molar-refractivity contribution < 1.29 is 9.50 Å². The Hall–Kier alpha value is -2.99. The first-order valence-corrected chi connectivity index (χ1v) is 9.39. The van der Waals surface area contributed by atoms with Gasteiger partial charge in [0, 0.05) is 16.6 Å². The molecule has 0 aliphatic carbocycles. The van der Waals surface area contributed by atoms with Gasteiger partial charge in [0.2, 0.25) is 0 Å². The Morgan fingerprint density at radius 1 is 1.15 bits per heavy atom. The molecule has 1 aliphatic rings. The molecule has 4 rings (SSSR count). The van der Waals surface area contributed by atoms with Crippen molar-refractivity contribution in [1.29, 1.82) is 5.41 Å². The van der Waals surface area contributed by atoms with Gasteiger partial charge < -0.3 is 10.0 Å². The molecule has 0 unspecified atom stereocenters. The lowest BCUT2D eigenvalue weighted by Gasteiger charge is -2.21. The number of rotatable bonds is 3. The third kappa shape index (κ3) is 3.13. The minimum atomic E-state index is -0.295. The van der Waals surface area contributed by atoms with Crippen LogP contribution in [0.25, 0.3) is 16.8 Å². The maximum Gasteiger partial charge on any atom is 0.139 e. The predicted molar refractivity (Wildman–Crippen MR) is 108 cm³/mol. The van der Waals surface area contributed by atoms with E-state index in [2.05, 4.69) is 4.98 Å². The normalized spacial score (nSPS) is 14.3. The molecule has 0 saturated carbocycles. The summed E-state index contributed by atoms with van der Waals surface area (Å²) in [6.45, 7) is 4.25. The number of nitrogens with zero attached hydrogens (tertiary/aromatic N) is 2. The molecule has 1 aromatic heterocycles. The lowest BCUT2D eigenvalue weighted by molar-refractivity contribution is 0.411. The first-order chi connectivity index (χ1) is 12.9. The molecule has 27 heavy (non-hydrogen) atoms. The highest BCUT2D eigenvalue weighted by Gasteiger charge is 2.32. The number of anilines is 1. The van der Waals surface area contributed by atoms with Crippen LogP contribution in [0.1, 0.15) is 16.1 Å². The van der Waals surface area contributed by atoms with Crippen LogP contribution in [0.4, 0.5) is 10.1 Å². The van der Waals surface area contributed by atoms with Crippen molar-refractivity contribution in [3.63, 3.8) is 0 Å². The molecule has 0 saturated heterocycles. The molecule has 4 nitrogen and oxygen atoms in total. The first kappa shape index (κ1) is 17.4. The largest absolute Gasteiger partial charge is 0.510 e. The minimum Gasteiger partial charge on any atom is -0.510 e. The van der Waals surface area contributed by atoms with Gasteiger partial charge in [0.1, 0.15) is 22.4 Å². The SMILES string of the molecule is Cc1ccc(C)c(N2CC(O)=C(c3nc(-c4ccc(F)cc4)cs3)C2=N)c1. The Balaban J connectivity index is 1.67. The Kier molecular flexibility index (Phi) is 4.28. The van der Waals surface area contributed by atoms with Crippen LogP contribution >= 0.6 is 11.3 Å². The van der Waals surface area contributed by atoms with Gasteiger partial charge >= 0.3 is 0 Å². The van der Waals surface area contributed by atoms with E-state index in [-0.39, 0.29) is 24.0 Å². The molecule has 0 radical (unpaired) electrons. The fourth-order valence-corrected chi connectivity index (χ4v) is 4.06. The first-order valence-electron chi connectivity index (χ1n) is 8.51. The summed E-state index contributed by atoms with van der Waals surface area (Å²) in [5.41, 5.74) is 5.02. The number of hydrogen-bond donors (Lipinski definition) is 2. The molecule has 2 heterocycles. The van der Waals surface area contributed by atoms with E-state index in [1.165, 1.54) is 23.5 Å². The smallest absolute Gasteiger partial charge is 0.139 e. The summed E-state index contributed by atoms with van der Waals surface area (Å²) >= 11 is 1.37. The molecule has 0 amide bonds. The average Bonchev–Trinajstić information content (AvgIpc) is 3.22. The third-order valence-corrected chi connectivity index (χ3v) is 5.48. The summed E-state index contributed by atoms with van der Waals surface area (Å²) in [4.78, 5) is 6.37. The van der Waals surface area contributed by atoms with Crippen LogP contribution in [0, 0.1) is 25.1 Å². The topological polar surface area (TPSA) is 60.2 Å². The van der Waals surface area contributed by atoms with Crippen LogP contribution in [0.15, 0.2) is 53.6 Å². The second-order valence-corrected chi connectivity index (χ2v) is 7.45. The average molecular weight is 379 g/mol. The highest BCUT2D eigenvalue weighted by atomic mass is 32.1. The summed E-state index contributed by atoms with van der Waals surface area (Å²) in [5.74, 6) is 0.0819. The van der Waals surface area contributed by atoms with Gasteiger partial charge in [0.05, 0.1) is 17.8 Å². The fraction of sp³-hybridized carbons (Fsp3) is 0.143. The number of aliphatic hydroxyl groups excluding tert-OH is 1. The molecular weight excluding hydrogens is 361 g/mol. The van der Waals surface area contributed by atoms with Gasteiger partial charge in [0.15, 0.2) is 0 Å². The highest BCUT2D eigenvalue weighted by molar-refractivity contribution is 7.11. The Morgan fingerprint density at radius 3 is 2.63 bits per heavy atom. The molecule has 6 heteroatoms. The minimum absolute atomic E-state index is 0.140. The molecule has 0 atom stereocenters.